The maximum Gasteiger partial charge on any atom is 0.134 e. The highest BCUT2D eigenvalue weighted by Gasteiger charge is 2.19. The van der Waals surface area contributed by atoms with Gasteiger partial charge in [-0.25, -0.2) is 0 Å². The maximum absolute atomic E-state index is 6.05. The molecule has 0 saturated carbocycles. The second-order valence-electron chi connectivity index (χ2n) is 14.7. The number of hydrogen-bond donors (Lipinski definition) is 0. The standard InChI is InChI=1S/C39H30N2O.C10H13N.C8H9N.C2H6/c1-4-26(24-32-25(3)42-37-20-11-8-15-29(32)37)27-13-12-14-28(23-27)41-34-19-10-7-17-31(34)39-36(41)22-21-35-38(39)30-16-6-9-18-33(30)40(35)5-2;1-5-7-8-10(6-2)9(3)11-4;1-9-7-8-5-3-2-4-6-8;1-2/h4,6-24H,1,5H2,2-3H3;5-8H,1,3-4H2,2H3;2-6H,1,7H2;1-2H3/b26-24+;8-7-,10-6+;;. The van der Waals surface area contributed by atoms with E-state index in [1.54, 1.807) is 6.08 Å². The van der Waals surface area contributed by atoms with Gasteiger partial charge in [-0.3, -0.25) is 9.98 Å². The Hall–Kier alpha value is -7.76. The predicted molar refractivity (Wildman–Crippen MR) is 281 cm³/mol. The number of rotatable bonds is 11. The van der Waals surface area contributed by atoms with E-state index in [4.69, 9.17) is 4.42 Å². The summed E-state index contributed by atoms with van der Waals surface area (Å²) in [4.78, 5) is 7.47. The van der Waals surface area contributed by atoms with Crippen molar-refractivity contribution in [1.29, 1.82) is 0 Å². The smallest absolute Gasteiger partial charge is 0.134 e. The summed E-state index contributed by atoms with van der Waals surface area (Å²) in [6.07, 6.45) is 11.5. The molecule has 0 unspecified atom stereocenters. The zero-order valence-corrected chi connectivity index (χ0v) is 37.9. The van der Waals surface area contributed by atoms with Gasteiger partial charge >= 0.3 is 0 Å². The lowest BCUT2D eigenvalue weighted by molar-refractivity contribution is 0.577. The monoisotopic (exact) mass is 838 g/mol. The van der Waals surface area contributed by atoms with E-state index in [2.05, 4.69) is 162 Å². The molecule has 0 spiro atoms. The van der Waals surface area contributed by atoms with Crippen LogP contribution in [-0.2, 0) is 13.1 Å². The summed E-state index contributed by atoms with van der Waals surface area (Å²) < 4.78 is 10.9. The third kappa shape index (κ3) is 9.50. The van der Waals surface area contributed by atoms with Crippen LogP contribution in [0.5, 0.6) is 0 Å². The molecule has 3 heterocycles. The molecule has 0 N–H and O–H groups in total. The average Bonchev–Trinajstić information content (AvgIpc) is 3.98. The van der Waals surface area contributed by atoms with Crippen molar-refractivity contribution < 1.29 is 4.42 Å². The van der Waals surface area contributed by atoms with Crippen molar-refractivity contribution in [3.05, 3.63) is 223 Å². The molecule has 320 valence electrons. The van der Waals surface area contributed by atoms with Gasteiger partial charge in [-0.15, -0.1) is 0 Å². The molecule has 0 aliphatic rings. The average molecular weight is 839 g/mol. The summed E-state index contributed by atoms with van der Waals surface area (Å²) in [5.74, 6) is 0.907. The topological polar surface area (TPSA) is 47.7 Å². The number of aryl methyl sites for hydroxylation is 2. The van der Waals surface area contributed by atoms with Gasteiger partial charge in [0.1, 0.15) is 11.3 Å². The van der Waals surface area contributed by atoms with Crippen LogP contribution in [0.1, 0.15) is 50.1 Å². The van der Waals surface area contributed by atoms with Crippen molar-refractivity contribution in [1.82, 2.24) is 9.13 Å². The van der Waals surface area contributed by atoms with Crippen molar-refractivity contribution in [3.8, 4) is 5.69 Å². The number of aromatic nitrogens is 2. The van der Waals surface area contributed by atoms with Crippen molar-refractivity contribution in [3.63, 3.8) is 0 Å². The molecule has 5 nitrogen and oxygen atoms in total. The highest BCUT2D eigenvalue weighted by atomic mass is 16.3. The van der Waals surface area contributed by atoms with Crippen molar-refractivity contribution in [2.24, 2.45) is 9.98 Å². The van der Waals surface area contributed by atoms with E-state index in [-0.39, 0.29) is 0 Å². The first-order valence-electron chi connectivity index (χ1n) is 21.8. The van der Waals surface area contributed by atoms with Crippen LogP contribution in [0.25, 0.3) is 71.9 Å². The van der Waals surface area contributed by atoms with Crippen molar-refractivity contribution in [2.45, 2.75) is 47.7 Å². The van der Waals surface area contributed by atoms with Crippen molar-refractivity contribution in [2.75, 3.05) is 0 Å². The lowest BCUT2D eigenvalue weighted by Crippen LogP contribution is -1.95. The Morgan fingerprint density at radius 2 is 1.33 bits per heavy atom. The molecule has 3 aromatic heterocycles. The van der Waals surface area contributed by atoms with Crippen LogP contribution >= 0.6 is 0 Å². The lowest BCUT2D eigenvalue weighted by atomic mass is 10.0. The molecule has 6 aromatic carbocycles. The van der Waals surface area contributed by atoms with Gasteiger partial charge in [-0.05, 0) is 105 Å². The first-order valence-corrected chi connectivity index (χ1v) is 21.8. The number of hydrogen-bond acceptors (Lipinski definition) is 3. The molecule has 0 fully saturated rings. The molecule has 64 heavy (non-hydrogen) atoms. The number of allylic oxidation sites excluding steroid dienone is 6. The zero-order valence-electron chi connectivity index (χ0n) is 37.9. The normalized spacial score (nSPS) is 11.5. The first-order chi connectivity index (χ1) is 31.4. The molecule has 0 aliphatic heterocycles. The van der Waals surface area contributed by atoms with Gasteiger partial charge in [-0.1, -0.05) is 161 Å². The molecule has 5 heteroatoms. The molecule has 9 aromatic rings. The summed E-state index contributed by atoms with van der Waals surface area (Å²) >= 11 is 0. The Balaban J connectivity index is 0.000000256. The minimum absolute atomic E-state index is 0.686. The van der Waals surface area contributed by atoms with Crippen LogP contribution in [0.2, 0.25) is 0 Å². The van der Waals surface area contributed by atoms with Crippen LogP contribution < -0.4 is 0 Å². The maximum atomic E-state index is 6.05. The molecule has 0 bridgehead atoms. The Kier molecular flexibility index (Phi) is 15.6. The van der Waals surface area contributed by atoms with E-state index in [0.29, 0.717) is 5.70 Å². The number of nitrogens with zero attached hydrogens (tertiary/aromatic N) is 4. The molecule has 0 aliphatic carbocycles. The highest BCUT2D eigenvalue weighted by Crippen LogP contribution is 2.41. The van der Waals surface area contributed by atoms with Gasteiger partial charge in [0.2, 0.25) is 0 Å². The van der Waals surface area contributed by atoms with E-state index in [0.717, 1.165) is 57.8 Å². The van der Waals surface area contributed by atoms with E-state index in [1.807, 2.05) is 94.5 Å². The third-order valence-electron chi connectivity index (χ3n) is 11.0. The minimum atomic E-state index is 0.686. The summed E-state index contributed by atoms with van der Waals surface area (Å²) in [5, 5.41) is 6.31. The fourth-order valence-corrected chi connectivity index (χ4v) is 8.16. The minimum Gasteiger partial charge on any atom is -0.461 e. The van der Waals surface area contributed by atoms with E-state index >= 15 is 0 Å². The lowest BCUT2D eigenvalue weighted by Gasteiger charge is -2.11. The number of furan rings is 1. The van der Waals surface area contributed by atoms with Crippen LogP contribution in [0.3, 0.4) is 0 Å². The zero-order chi connectivity index (χ0) is 45.6. The third-order valence-corrected chi connectivity index (χ3v) is 11.0. The predicted octanol–water partition coefficient (Wildman–Crippen LogP) is 16.5. The van der Waals surface area contributed by atoms with Gasteiger partial charge in [0.05, 0.1) is 23.3 Å². The van der Waals surface area contributed by atoms with E-state index in [9.17, 15) is 0 Å². The Morgan fingerprint density at radius 1 is 0.703 bits per heavy atom. The summed E-state index contributed by atoms with van der Waals surface area (Å²) in [6.45, 7) is 30.1. The Bertz CT molecular complexity index is 3200. The quantitative estimate of drug-likeness (QED) is 0.0945. The summed E-state index contributed by atoms with van der Waals surface area (Å²) in [6, 6.07) is 49.2. The summed E-state index contributed by atoms with van der Waals surface area (Å²) in [7, 11) is 0. The fraction of sp³-hybridized carbons (Fsp3) is 0.119. The van der Waals surface area contributed by atoms with E-state index < -0.39 is 0 Å². The number of fused-ring (bicyclic) bond motifs is 8. The molecule has 0 saturated heterocycles. The van der Waals surface area contributed by atoms with Crippen molar-refractivity contribution >= 4 is 79.7 Å². The molecular formula is C59H58N4O. The molecule has 0 amide bonds. The molecule has 0 atom stereocenters. The van der Waals surface area contributed by atoms with Crippen LogP contribution in [0.15, 0.2) is 215 Å². The largest absolute Gasteiger partial charge is 0.461 e. The molecule has 9 rings (SSSR count). The summed E-state index contributed by atoms with van der Waals surface area (Å²) in [5.41, 5.74) is 13.1. The van der Waals surface area contributed by atoms with E-state index in [1.165, 1.54) is 49.2 Å². The van der Waals surface area contributed by atoms with Gasteiger partial charge < -0.3 is 13.6 Å². The molecule has 0 radical (unpaired) electrons. The fourth-order valence-electron chi connectivity index (χ4n) is 8.16. The highest BCUT2D eigenvalue weighted by molar-refractivity contribution is 6.28. The van der Waals surface area contributed by atoms with Gasteiger partial charge in [0, 0.05) is 55.8 Å². The van der Waals surface area contributed by atoms with Crippen LogP contribution in [0, 0.1) is 6.92 Å². The Labute approximate surface area is 378 Å². The van der Waals surface area contributed by atoms with Crippen LogP contribution in [0.4, 0.5) is 0 Å². The molecular weight excluding hydrogens is 781 g/mol. The number of aliphatic imine (C=N–C) groups is 2. The Morgan fingerprint density at radius 3 is 1.98 bits per heavy atom. The van der Waals surface area contributed by atoms with Gasteiger partial charge in [0.15, 0.2) is 0 Å². The number of benzene rings is 6. The van der Waals surface area contributed by atoms with Gasteiger partial charge in [-0.2, -0.15) is 0 Å². The van der Waals surface area contributed by atoms with Gasteiger partial charge in [0.25, 0.3) is 0 Å². The first kappa shape index (κ1) is 45.8. The SMILES string of the molecule is C=C/C(=C\c1c(C)oc2ccccc12)c1cccc(-n2c3ccccc3c3c4c5ccccc5n(CC)c4ccc32)c1.C=C/C=C\C(=C/C)C(=C)N=C.C=NCc1ccccc1.CC. The van der Waals surface area contributed by atoms with Crippen LogP contribution in [-0.4, -0.2) is 22.6 Å². The second kappa shape index (κ2) is 21.9. The number of para-hydroxylation sites is 3. The second-order valence-corrected chi connectivity index (χ2v) is 14.7.